The SMILES string of the molecule is O=C(Oc1ccc(Cl)cc1Cl)[C@H](Cc1ccccc1)N1C(=O)[C@@H]2[C@H]3C=C[C@@H]([C@@H]4C[C@@H]34)[C@H]2C1=O. The third-order valence-corrected chi connectivity index (χ3v) is 8.19. The molecule has 0 radical (unpaired) electrons. The summed E-state index contributed by atoms with van der Waals surface area (Å²) in [6, 6.07) is 12.8. The van der Waals surface area contributed by atoms with Crippen LogP contribution in [0, 0.1) is 35.5 Å². The van der Waals surface area contributed by atoms with E-state index in [0.717, 1.165) is 12.0 Å². The van der Waals surface area contributed by atoms with Crippen molar-refractivity contribution in [1.29, 1.82) is 0 Å². The van der Waals surface area contributed by atoms with E-state index in [1.54, 1.807) is 6.07 Å². The van der Waals surface area contributed by atoms with E-state index in [0.29, 0.717) is 16.9 Å². The van der Waals surface area contributed by atoms with E-state index in [-0.39, 0.29) is 52.7 Å². The zero-order chi connectivity index (χ0) is 22.9. The number of benzene rings is 2. The van der Waals surface area contributed by atoms with Gasteiger partial charge in [-0.05, 0) is 53.9 Å². The summed E-state index contributed by atoms with van der Waals surface area (Å²) in [4.78, 5) is 41.8. The van der Waals surface area contributed by atoms with Crippen molar-refractivity contribution in [3.8, 4) is 5.75 Å². The largest absolute Gasteiger partial charge is 0.423 e. The molecule has 1 saturated heterocycles. The lowest BCUT2D eigenvalue weighted by atomic mass is 9.63. The topological polar surface area (TPSA) is 63.7 Å². The molecule has 5 aliphatic rings. The molecule has 33 heavy (non-hydrogen) atoms. The summed E-state index contributed by atoms with van der Waals surface area (Å²) in [6.07, 6.45) is 5.50. The van der Waals surface area contributed by atoms with Crippen LogP contribution in [0.4, 0.5) is 0 Å². The Morgan fingerprint density at radius 3 is 2.21 bits per heavy atom. The molecule has 2 amide bonds. The van der Waals surface area contributed by atoms with Crippen LogP contribution in [0.5, 0.6) is 5.75 Å². The maximum Gasteiger partial charge on any atom is 0.335 e. The van der Waals surface area contributed by atoms with E-state index in [4.69, 9.17) is 27.9 Å². The van der Waals surface area contributed by atoms with Gasteiger partial charge in [0.1, 0.15) is 11.8 Å². The van der Waals surface area contributed by atoms with Gasteiger partial charge in [-0.1, -0.05) is 65.7 Å². The van der Waals surface area contributed by atoms with Crippen molar-refractivity contribution in [2.45, 2.75) is 18.9 Å². The molecule has 168 valence electrons. The minimum atomic E-state index is -1.07. The number of carbonyl (C=O) groups is 3. The normalized spacial score (nSPS) is 31.9. The molecule has 0 unspecified atom stereocenters. The van der Waals surface area contributed by atoms with Gasteiger partial charge in [-0.15, -0.1) is 0 Å². The lowest BCUT2D eigenvalue weighted by Gasteiger charge is -2.37. The van der Waals surface area contributed by atoms with E-state index in [1.807, 2.05) is 30.3 Å². The molecule has 4 aliphatic carbocycles. The van der Waals surface area contributed by atoms with Gasteiger partial charge >= 0.3 is 5.97 Å². The number of halogens is 2. The maximum atomic E-state index is 13.6. The van der Waals surface area contributed by atoms with Crippen molar-refractivity contribution < 1.29 is 19.1 Å². The zero-order valence-corrected chi connectivity index (χ0v) is 19.1. The van der Waals surface area contributed by atoms with E-state index >= 15 is 0 Å². The highest BCUT2D eigenvalue weighted by atomic mass is 35.5. The van der Waals surface area contributed by atoms with Gasteiger partial charge in [0.25, 0.3) is 0 Å². The van der Waals surface area contributed by atoms with Crippen LogP contribution in [0.25, 0.3) is 0 Å². The number of esters is 1. The molecule has 7 rings (SSSR count). The summed E-state index contributed by atoms with van der Waals surface area (Å²) in [6.45, 7) is 0. The van der Waals surface area contributed by atoms with Crippen LogP contribution in [-0.2, 0) is 20.8 Å². The third kappa shape index (κ3) is 3.32. The van der Waals surface area contributed by atoms with Gasteiger partial charge in [0.2, 0.25) is 11.8 Å². The molecule has 7 atom stereocenters. The van der Waals surface area contributed by atoms with Crippen LogP contribution in [0.2, 0.25) is 10.0 Å². The average Bonchev–Trinajstić information content (AvgIpc) is 3.59. The number of nitrogens with zero attached hydrogens (tertiary/aromatic N) is 1. The first-order valence-electron chi connectivity index (χ1n) is 11.2. The Kier molecular flexibility index (Phi) is 4.89. The lowest BCUT2D eigenvalue weighted by Crippen LogP contribution is -2.48. The van der Waals surface area contributed by atoms with Crippen molar-refractivity contribution in [2.24, 2.45) is 35.5 Å². The van der Waals surface area contributed by atoms with Crippen LogP contribution in [0.1, 0.15) is 12.0 Å². The molecular formula is C26H21Cl2NO4. The van der Waals surface area contributed by atoms with Crippen molar-refractivity contribution in [3.63, 3.8) is 0 Å². The molecule has 3 fully saturated rings. The number of ether oxygens (including phenoxy) is 1. The number of amides is 2. The summed E-state index contributed by atoms with van der Waals surface area (Å²) in [5.41, 5.74) is 0.834. The smallest absolute Gasteiger partial charge is 0.335 e. The third-order valence-electron chi connectivity index (χ3n) is 7.66. The fourth-order valence-corrected chi connectivity index (χ4v) is 6.59. The number of hydrogen-bond donors (Lipinski definition) is 0. The van der Waals surface area contributed by atoms with Crippen LogP contribution >= 0.6 is 23.2 Å². The highest BCUT2D eigenvalue weighted by Gasteiger charge is 2.68. The van der Waals surface area contributed by atoms with Gasteiger partial charge in [0.15, 0.2) is 0 Å². The van der Waals surface area contributed by atoms with Crippen LogP contribution in [0.15, 0.2) is 60.7 Å². The summed E-state index contributed by atoms with van der Waals surface area (Å²) in [7, 11) is 0. The summed E-state index contributed by atoms with van der Waals surface area (Å²) < 4.78 is 5.60. The molecule has 0 spiro atoms. The van der Waals surface area contributed by atoms with Gasteiger partial charge in [0.05, 0.1) is 16.9 Å². The molecule has 1 heterocycles. The minimum absolute atomic E-state index is 0.0885. The Bertz CT molecular complexity index is 1160. The molecule has 2 aromatic carbocycles. The highest BCUT2D eigenvalue weighted by Crippen LogP contribution is 2.65. The minimum Gasteiger partial charge on any atom is -0.423 e. The van der Waals surface area contributed by atoms with Gasteiger partial charge in [0, 0.05) is 11.4 Å². The Hall–Kier alpha value is -2.63. The van der Waals surface area contributed by atoms with Crippen molar-refractivity contribution >= 4 is 41.0 Å². The number of rotatable bonds is 5. The first-order valence-corrected chi connectivity index (χ1v) is 12.0. The second-order valence-corrected chi connectivity index (χ2v) is 10.2. The highest BCUT2D eigenvalue weighted by molar-refractivity contribution is 6.35. The van der Waals surface area contributed by atoms with Crippen LogP contribution in [-0.4, -0.2) is 28.7 Å². The van der Waals surface area contributed by atoms with Gasteiger partial charge in [-0.3, -0.25) is 14.5 Å². The molecule has 0 N–H and O–H groups in total. The van der Waals surface area contributed by atoms with Crippen LogP contribution < -0.4 is 4.74 Å². The number of likely N-dealkylation sites (tertiary alicyclic amines) is 1. The van der Waals surface area contributed by atoms with Gasteiger partial charge < -0.3 is 4.74 Å². The molecule has 1 aliphatic heterocycles. The molecule has 0 aromatic heterocycles. The number of carbonyl (C=O) groups excluding carboxylic acids is 3. The summed E-state index contributed by atoms with van der Waals surface area (Å²) in [5, 5.41) is 0.598. The standard InChI is InChI=1S/C26H21Cl2NO4/c27-14-6-9-21(19(28)11-14)33-26(32)20(10-13-4-2-1-3-5-13)29-24(30)22-15-7-8-16(18-12-17(15)18)23(22)25(29)31/h1-9,11,15-18,20,22-23H,10,12H2/t15-,16-,17-,18-,20-,22+,23+/m0/s1. The van der Waals surface area contributed by atoms with E-state index in [1.165, 1.54) is 17.0 Å². The quantitative estimate of drug-likeness (QED) is 0.271. The van der Waals surface area contributed by atoms with Gasteiger partial charge in [-0.2, -0.15) is 0 Å². The first kappa shape index (κ1) is 20.9. The van der Waals surface area contributed by atoms with Gasteiger partial charge in [-0.25, -0.2) is 4.79 Å². The number of allylic oxidation sites excluding steroid dienone is 2. The van der Waals surface area contributed by atoms with E-state index < -0.39 is 12.0 Å². The summed E-state index contributed by atoms with van der Waals surface area (Å²) in [5.74, 6) is -0.642. The lowest BCUT2D eigenvalue weighted by molar-refractivity contribution is -0.153. The maximum absolute atomic E-state index is 13.6. The second-order valence-electron chi connectivity index (χ2n) is 9.40. The van der Waals surface area contributed by atoms with E-state index in [9.17, 15) is 14.4 Å². The van der Waals surface area contributed by atoms with Crippen LogP contribution in [0.3, 0.4) is 0 Å². The molecule has 2 saturated carbocycles. The fraction of sp³-hybridized carbons (Fsp3) is 0.346. The predicted octanol–water partition coefficient (Wildman–Crippen LogP) is 4.56. The summed E-state index contributed by atoms with van der Waals surface area (Å²) >= 11 is 12.2. The van der Waals surface area contributed by atoms with Crippen molar-refractivity contribution in [2.75, 3.05) is 0 Å². The molecule has 7 heteroatoms. The Balaban J connectivity index is 1.34. The predicted molar refractivity (Wildman–Crippen MR) is 123 cm³/mol. The fourth-order valence-electron chi connectivity index (χ4n) is 6.14. The van der Waals surface area contributed by atoms with Crippen molar-refractivity contribution in [3.05, 3.63) is 76.3 Å². The van der Waals surface area contributed by atoms with E-state index in [2.05, 4.69) is 12.2 Å². The molecule has 2 aromatic rings. The monoisotopic (exact) mass is 481 g/mol. The second kappa shape index (κ2) is 7.71. The Morgan fingerprint density at radius 1 is 0.970 bits per heavy atom. The zero-order valence-electron chi connectivity index (χ0n) is 17.6. The average molecular weight is 482 g/mol. The molecule has 2 bridgehead atoms. The van der Waals surface area contributed by atoms with Crippen molar-refractivity contribution in [1.82, 2.24) is 4.90 Å². The number of imide groups is 1. The number of hydrogen-bond acceptors (Lipinski definition) is 4. The Morgan fingerprint density at radius 2 is 1.61 bits per heavy atom. The first-order chi connectivity index (χ1) is 15.9. The molecule has 5 nitrogen and oxygen atoms in total. The Labute approximate surface area is 201 Å². The molecular weight excluding hydrogens is 461 g/mol.